The Hall–Kier alpha value is -3.41. The van der Waals surface area contributed by atoms with Crippen LogP contribution in [0, 0.1) is 5.92 Å². The molecule has 1 N–H and O–H groups in total. The number of ether oxygens (including phenoxy) is 1. The smallest absolute Gasteiger partial charge is 0.236 e. The third kappa shape index (κ3) is 4.13. The van der Waals surface area contributed by atoms with E-state index in [2.05, 4.69) is 24.1 Å². The third-order valence-corrected chi connectivity index (χ3v) is 5.18. The molecule has 154 valence electrons. The number of nitrogens with zero attached hydrogens (tertiary/aromatic N) is 3. The number of aromatic nitrogens is 2. The van der Waals surface area contributed by atoms with Crippen LogP contribution in [-0.4, -0.2) is 29.5 Å². The van der Waals surface area contributed by atoms with Crippen molar-refractivity contribution in [1.29, 1.82) is 0 Å². The van der Waals surface area contributed by atoms with E-state index in [0.29, 0.717) is 30.6 Å². The van der Waals surface area contributed by atoms with Gasteiger partial charge in [0.1, 0.15) is 11.6 Å². The molecular formula is C24H26N4O2. The molecule has 6 nitrogen and oxygen atoms in total. The van der Waals surface area contributed by atoms with Gasteiger partial charge in [0.15, 0.2) is 0 Å². The van der Waals surface area contributed by atoms with E-state index >= 15 is 0 Å². The molecule has 0 aliphatic carbocycles. The van der Waals surface area contributed by atoms with E-state index in [-0.39, 0.29) is 11.8 Å². The largest absolute Gasteiger partial charge is 0.497 e. The number of amides is 1. The van der Waals surface area contributed by atoms with E-state index in [9.17, 15) is 4.79 Å². The number of anilines is 3. The zero-order valence-electron chi connectivity index (χ0n) is 17.5. The van der Waals surface area contributed by atoms with Crippen LogP contribution in [-0.2, 0) is 11.2 Å². The summed E-state index contributed by atoms with van der Waals surface area (Å²) in [6, 6.07) is 17.5. The summed E-state index contributed by atoms with van der Waals surface area (Å²) in [5.41, 5.74) is 2.87. The maximum absolute atomic E-state index is 13.5. The Bertz CT molecular complexity index is 1020. The SMILES string of the molecule is COc1ccc(C2Cc3cnc(Nc4ccccc4)nc3N(CC(C)C)C2=O)cc1. The summed E-state index contributed by atoms with van der Waals surface area (Å²) in [7, 11) is 1.64. The van der Waals surface area contributed by atoms with Gasteiger partial charge in [0.25, 0.3) is 0 Å². The van der Waals surface area contributed by atoms with Crippen molar-refractivity contribution in [3.05, 3.63) is 71.9 Å². The van der Waals surface area contributed by atoms with Gasteiger partial charge in [0, 0.05) is 24.0 Å². The van der Waals surface area contributed by atoms with Crippen LogP contribution in [0.3, 0.4) is 0 Å². The fraction of sp³-hybridized carbons (Fsp3) is 0.292. The summed E-state index contributed by atoms with van der Waals surface area (Å²) in [4.78, 5) is 24.5. The average Bonchev–Trinajstić information content (AvgIpc) is 2.76. The highest BCUT2D eigenvalue weighted by molar-refractivity contribution is 6.00. The predicted molar refractivity (Wildman–Crippen MR) is 118 cm³/mol. The molecule has 1 amide bonds. The Morgan fingerprint density at radius 1 is 1.13 bits per heavy atom. The van der Waals surface area contributed by atoms with Crippen LogP contribution < -0.4 is 15.0 Å². The predicted octanol–water partition coefficient (Wildman–Crippen LogP) is 4.56. The maximum Gasteiger partial charge on any atom is 0.236 e. The number of benzene rings is 2. The van der Waals surface area contributed by atoms with Gasteiger partial charge in [-0.1, -0.05) is 44.2 Å². The molecule has 2 aromatic carbocycles. The highest BCUT2D eigenvalue weighted by Crippen LogP contribution is 2.35. The van der Waals surface area contributed by atoms with E-state index < -0.39 is 0 Å². The van der Waals surface area contributed by atoms with Crippen LogP contribution >= 0.6 is 0 Å². The third-order valence-electron chi connectivity index (χ3n) is 5.18. The monoisotopic (exact) mass is 402 g/mol. The molecule has 0 bridgehead atoms. The summed E-state index contributed by atoms with van der Waals surface area (Å²) < 4.78 is 5.25. The van der Waals surface area contributed by atoms with Gasteiger partial charge in [0.05, 0.1) is 13.0 Å². The molecule has 1 aliphatic rings. The van der Waals surface area contributed by atoms with Gasteiger partial charge in [-0.2, -0.15) is 4.98 Å². The second kappa shape index (κ2) is 8.53. The quantitative estimate of drug-likeness (QED) is 0.655. The first-order chi connectivity index (χ1) is 14.5. The fourth-order valence-corrected chi connectivity index (χ4v) is 3.72. The molecule has 30 heavy (non-hydrogen) atoms. The van der Waals surface area contributed by atoms with Crippen molar-refractivity contribution >= 4 is 23.4 Å². The van der Waals surface area contributed by atoms with Crippen LogP contribution in [0.2, 0.25) is 0 Å². The van der Waals surface area contributed by atoms with Crippen LogP contribution in [0.5, 0.6) is 5.75 Å². The van der Waals surface area contributed by atoms with E-state index in [0.717, 1.165) is 22.6 Å². The van der Waals surface area contributed by atoms with Gasteiger partial charge in [0.2, 0.25) is 11.9 Å². The summed E-state index contributed by atoms with van der Waals surface area (Å²) in [6.07, 6.45) is 2.42. The van der Waals surface area contributed by atoms with Crippen LogP contribution in [0.4, 0.5) is 17.5 Å². The lowest BCUT2D eigenvalue weighted by atomic mass is 9.88. The van der Waals surface area contributed by atoms with Crippen LogP contribution in [0.1, 0.15) is 30.9 Å². The van der Waals surface area contributed by atoms with E-state index in [1.54, 1.807) is 7.11 Å². The highest BCUT2D eigenvalue weighted by atomic mass is 16.5. The van der Waals surface area contributed by atoms with Gasteiger partial charge in [-0.3, -0.25) is 9.69 Å². The minimum atomic E-state index is -0.251. The van der Waals surface area contributed by atoms with Gasteiger partial charge < -0.3 is 10.1 Å². The Kier molecular flexibility index (Phi) is 5.65. The lowest BCUT2D eigenvalue weighted by Crippen LogP contribution is -2.43. The molecule has 3 aromatic rings. The minimum Gasteiger partial charge on any atom is -0.497 e. The Labute approximate surface area is 176 Å². The normalized spacial score (nSPS) is 15.8. The van der Waals surface area contributed by atoms with Crippen molar-refractivity contribution in [2.75, 3.05) is 23.9 Å². The molecule has 2 heterocycles. The van der Waals surface area contributed by atoms with Crippen molar-refractivity contribution in [2.24, 2.45) is 5.92 Å². The van der Waals surface area contributed by atoms with Gasteiger partial charge in [-0.15, -0.1) is 0 Å². The zero-order valence-corrected chi connectivity index (χ0v) is 17.5. The minimum absolute atomic E-state index is 0.0747. The zero-order chi connectivity index (χ0) is 21.1. The summed E-state index contributed by atoms with van der Waals surface area (Å²) in [5, 5.41) is 3.22. The average molecular weight is 402 g/mol. The first-order valence-electron chi connectivity index (χ1n) is 10.2. The standard InChI is InChI=1S/C24H26N4O2/c1-16(2)15-28-22-18(14-25-24(27-22)26-19-7-5-4-6-8-19)13-21(23(28)29)17-9-11-20(30-3)12-10-17/h4-12,14,16,21H,13,15H2,1-3H3,(H,25,26,27). The topological polar surface area (TPSA) is 67.3 Å². The molecule has 0 fully saturated rings. The van der Waals surface area contributed by atoms with Crippen molar-refractivity contribution in [1.82, 2.24) is 9.97 Å². The van der Waals surface area contributed by atoms with E-state index in [4.69, 9.17) is 9.72 Å². The lowest BCUT2D eigenvalue weighted by molar-refractivity contribution is -0.120. The molecule has 6 heteroatoms. The van der Waals surface area contributed by atoms with Gasteiger partial charge in [-0.05, 0) is 42.2 Å². The van der Waals surface area contributed by atoms with Crippen molar-refractivity contribution < 1.29 is 9.53 Å². The number of hydrogen-bond acceptors (Lipinski definition) is 5. The van der Waals surface area contributed by atoms with Gasteiger partial charge in [-0.25, -0.2) is 4.98 Å². The molecular weight excluding hydrogens is 376 g/mol. The van der Waals surface area contributed by atoms with Crippen molar-refractivity contribution in [3.8, 4) is 5.75 Å². The van der Waals surface area contributed by atoms with Gasteiger partial charge >= 0.3 is 0 Å². The second-order valence-corrected chi connectivity index (χ2v) is 7.91. The maximum atomic E-state index is 13.5. The Morgan fingerprint density at radius 2 is 1.87 bits per heavy atom. The Balaban J connectivity index is 1.68. The molecule has 1 aliphatic heterocycles. The second-order valence-electron chi connectivity index (χ2n) is 7.91. The molecule has 0 radical (unpaired) electrons. The number of para-hydroxylation sites is 1. The van der Waals surface area contributed by atoms with E-state index in [1.807, 2.05) is 65.7 Å². The number of methoxy groups -OCH3 is 1. The number of fused-ring (bicyclic) bond motifs is 1. The summed E-state index contributed by atoms with van der Waals surface area (Å²) in [6.45, 7) is 4.82. The van der Waals surface area contributed by atoms with Crippen molar-refractivity contribution in [3.63, 3.8) is 0 Å². The number of carbonyl (C=O) groups excluding carboxylic acids is 1. The summed E-state index contributed by atoms with van der Waals surface area (Å²) >= 11 is 0. The van der Waals surface area contributed by atoms with Crippen LogP contribution in [0.25, 0.3) is 0 Å². The fourth-order valence-electron chi connectivity index (χ4n) is 3.72. The van der Waals surface area contributed by atoms with Crippen LogP contribution in [0.15, 0.2) is 60.8 Å². The number of hydrogen-bond donors (Lipinski definition) is 1. The molecule has 1 unspecified atom stereocenters. The molecule has 4 rings (SSSR count). The summed E-state index contributed by atoms with van der Waals surface area (Å²) in [5.74, 6) is 2.11. The molecule has 0 saturated heterocycles. The highest BCUT2D eigenvalue weighted by Gasteiger charge is 2.35. The lowest BCUT2D eigenvalue weighted by Gasteiger charge is -2.34. The molecule has 0 saturated carbocycles. The van der Waals surface area contributed by atoms with E-state index in [1.165, 1.54) is 0 Å². The first kappa shape index (κ1) is 19.9. The Morgan fingerprint density at radius 3 is 2.53 bits per heavy atom. The number of rotatable bonds is 6. The van der Waals surface area contributed by atoms with Crippen molar-refractivity contribution in [2.45, 2.75) is 26.2 Å². The number of nitrogens with one attached hydrogen (secondary N) is 1. The first-order valence-corrected chi connectivity index (χ1v) is 10.2. The molecule has 1 atom stereocenters. The molecule has 1 aromatic heterocycles. The number of carbonyl (C=O) groups is 1. The molecule has 0 spiro atoms.